The van der Waals surface area contributed by atoms with Crippen molar-refractivity contribution in [2.75, 3.05) is 5.32 Å². The van der Waals surface area contributed by atoms with Crippen molar-refractivity contribution in [1.29, 1.82) is 0 Å². The van der Waals surface area contributed by atoms with E-state index in [4.69, 9.17) is 11.6 Å². The topological polar surface area (TPSA) is 100 Å². The van der Waals surface area contributed by atoms with Gasteiger partial charge in [-0.1, -0.05) is 0 Å². The molecule has 0 saturated heterocycles. The smallest absolute Gasteiger partial charge is 0.406 e. The number of anilines is 1. The van der Waals surface area contributed by atoms with Crippen molar-refractivity contribution in [3.63, 3.8) is 0 Å². The van der Waals surface area contributed by atoms with Gasteiger partial charge in [-0.15, -0.1) is 13.2 Å². The Morgan fingerprint density at radius 2 is 1.79 bits per heavy atom. The Balaban J connectivity index is 1.85. The molecule has 0 saturated carbocycles. The maximum Gasteiger partial charge on any atom is 0.573 e. The number of ether oxygens (including phenoxy) is 1. The summed E-state index contributed by atoms with van der Waals surface area (Å²) in [7, 11) is 2.68. The minimum atomic E-state index is -4.82. The first-order valence-corrected chi connectivity index (χ1v) is 8.33. The van der Waals surface area contributed by atoms with Gasteiger partial charge in [0.15, 0.2) is 11.2 Å². The monoisotopic (exact) mass is 431 g/mol. The summed E-state index contributed by atoms with van der Waals surface area (Å²) in [6.07, 6.45) is -4.82. The fourth-order valence-corrected chi connectivity index (χ4v) is 2.87. The van der Waals surface area contributed by atoms with Gasteiger partial charge in [0.1, 0.15) is 12.3 Å². The molecule has 2 heterocycles. The summed E-state index contributed by atoms with van der Waals surface area (Å²) in [5, 5.41) is 2.28. The Bertz CT molecular complexity index is 1210. The van der Waals surface area contributed by atoms with Crippen LogP contribution >= 0.6 is 11.6 Å². The number of nitrogens with zero attached hydrogens (tertiary/aromatic N) is 4. The third kappa shape index (κ3) is 4.11. The Morgan fingerprint density at radius 1 is 1.17 bits per heavy atom. The molecule has 29 heavy (non-hydrogen) atoms. The Labute approximate surface area is 164 Å². The molecule has 3 rings (SSSR count). The van der Waals surface area contributed by atoms with Gasteiger partial charge < -0.3 is 10.1 Å². The molecule has 1 N–H and O–H groups in total. The fraction of sp³-hybridized carbons (Fsp3) is 0.250. The number of halogens is 4. The molecule has 2 aromatic heterocycles. The number of aryl methyl sites for hydroxylation is 1. The van der Waals surface area contributed by atoms with E-state index < -0.39 is 35.8 Å². The summed E-state index contributed by atoms with van der Waals surface area (Å²) in [5.74, 6) is -1.06. The van der Waals surface area contributed by atoms with Gasteiger partial charge in [-0.05, 0) is 35.9 Å². The van der Waals surface area contributed by atoms with E-state index in [2.05, 4.69) is 15.0 Å². The zero-order valence-corrected chi connectivity index (χ0v) is 15.7. The number of imidazole rings is 1. The van der Waals surface area contributed by atoms with Crippen LogP contribution in [0.4, 0.5) is 18.9 Å². The molecule has 154 valence electrons. The molecule has 0 aliphatic heterocycles. The molecule has 1 amide bonds. The Hall–Kier alpha value is -3.28. The Morgan fingerprint density at radius 3 is 2.38 bits per heavy atom. The van der Waals surface area contributed by atoms with Crippen molar-refractivity contribution < 1.29 is 22.7 Å². The molecule has 0 fully saturated rings. The third-order valence-electron chi connectivity index (χ3n) is 3.97. The number of nitrogens with one attached hydrogen (secondary N) is 1. The molecule has 0 bridgehead atoms. The van der Waals surface area contributed by atoms with Gasteiger partial charge in [-0.3, -0.25) is 23.3 Å². The van der Waals surface area contributed by atoms with Gasteiger partial charge in [0.05, 0.1) is 0 Å². The molecule has 0 aliphatic rings. The predicted octanol–water partition coefficient (Wildman–Crippen LogP) is 1.62. The third-order valence-corrected chi connectivity index (χ3v) is 4.26. The number of fused-ring (bicyclic) bond motifs is 1. The molecule has 13 heteroatoms. The first-order valence-electron chi connectivity index (χ1n) is 7.95. The number of alkyl halides is 3. The van der Waals surface area contributed by atoms with Gasteiger partial charge in [0.25, 0.3) is 5.56 Å². The minimum Gasteiger partial charge on any atom is -0.406 e. The van der Waals surface area contributed by atoms with Gasteiger partial charge >= 0.3 is 12.1 Å². The van der Waals surface area contributed by atoms with E-state index >= 15 is 0 Å². The van der Waals surface area contributed by atoms with Gasteiger partial charge in [-0.2, -0.15) is 4.98 Å². The van der Waals surface area contributed by atoms with Crippen LogP contribution in [0.2, 0.25) is 5.28 Å². The molecule has 9 nitrogen and oxygen atoms in total. The van der Waals surface area contributed by atoms with Crippen LogP contribution in [0.3, 0.4) is 0 Å². The van der Waals surface area contributed by atoms with Crippen LogP contribution in [0.5, 0.6) is 5.75 Å². The number of rotatable bonds is 4. The van der Waals surface area contributed by atoms with E-state index in [0.29, 0.717) is 0 Å². The maximum absolute atomic E-state index is 12.4. The second-order valence-electron chi connectivity index (χ2n) is 5.97. The van der Waals surface area contributed by atoms with Crippen LogP contribution in [-0.2, 0) is 25.4 Å². The molecule has 0 atom stereocenters. The fourth-order valence-electron chi connectivity index (χ4n) is 2.65. The van der Waals surface area contributed by atoms with Gasteiger partial charge in [0.2, 0.25) is 11.2 Å². The van der Waals surface area contributed by atoms with E-state index in [1.165, 1.54) is 26.2 Å². The van der Waals surface area contributed by atoms with Gasteiger partial charge in [0, 0.05) is 19.8 Å². The average molecular weight is 432 g/mol. The summed E-state index contributed by atoms with van der Waals surface area (Å²) in [6.45, 7) is -0.413. The van der Waals surface area contributed by atoms with Crippen LogP contribution in [0, 0.1) is 0 Å². The highest BCUT2D eigenvalue weighted by atomic mass is 35.5. The van der Waals surface area contributed by atoms with Crippen molar-refractivity contribution in [2.24, 2.45) is 14.1 Å². The van der Waals surface area contributed by atoms with Gasteiger partial charge in [-0.25, -0.2) is 4.79 Å². The lowest BCUT2D eigenvalue weighted by Gasteiger charge is -2.10. The highest BCUT2D eigenvalue weighted by Crippen LogP contribution is 2.24. The molecule has 0 spiro atoms. The number of benzene rings is 1. The van der Waals surface area contributed by atoms with Crippen molar-refractivity contribution in [1.82, 2.24) is 18.7 Å². The molecule has 0 aliphatic carbocycles. The summed E-state index contributed by atoms with van der Waals surface area (Å²) in [6, 6.07) is 4.51. The lowest BCUT2D eigenvalue weighted by atomic mass is 10.3. The van der Waals surface area contributed by atoms with Crippen molar-refractivity contribution in [3.05, 3.63) is 50.4 Å². The maximum atomic E-state index is 12.4. The zero-order valence-electron chi connectivity index (χ0n) is 15.0. The number of carbonyl (C=O) groups is 1. The highest BCUT2D eigenvalue weighted by Gasteiger charge is 2.31. The molecule has 0 radical (unpaired) electrons. The van der Waals surface area contributed by atoms with Crippen LogP contribution in [0.1, 0.15) is 0 Å². The number of aromatic nitrogens is 4. The van der Waals surface area contributed by atoms with E-state index in [1.807, 2.05) is 0 Å². The van der Waals surface area contributed by atoms with Crippen molar-refractivity contribution in [2.45, 2.75) is 12.9 Å². The van der Waals surface area contributed by atoms with Crippen molar-refractivity contribution in [3.8, 4) is 5.75 Å². The Kier molecular flexibility index (Phi) is 5.13. The normalized spacial score (nSPS) is 11.7. The van der Waals surface area contributed by atoms with Crippen LogP contribution < -0.4 is 21.3 Å². The zero-order chi connectivity index (χ0) is 21.5. The lowest BCUT2D eigenvalue weighted by molar-refractivity contribution is -0.274. The summed E-state index contributed by atoms with van der Waals surface area (Å²) < 4.78 is 43.4. The average Bonchev–Trinajstić information content (AvgIpc) is 2.95. The quantitative estimate of drug-likeness (QED) is 0.633. The number of carbonyl (C=O) groups excluding carboxylic acids is 1. The SMILES string of the molecule is Cn1c(=O)c2c(nc(Cl)n2CC(=O)Nc2ccc(OC(F)(F)F)cc2)n(C)c1=O. The van der Waals surface area contributed by atoms with E-state index in [1.54, 1.807) is 0 Å². The number of amides is 1. The molecular weight excluding hydrogens is 419 g/mol. The summed E-state index contributed by atoms with van der Waals surface area (Å²) >= 11 is 6.03. The van der Waals surface area contributed by atoms with Crippen LogP contribution in [-0.4, -0.2) is 31.0 Å². The summed E-state index contributed by atoms with van der Waals surface area (Å²) in [5.41, 5.74) is -1.10. The number of hydrogen-bond donors (Lipinski definition) is 1. The van der Waals surface area contributed by atoms with E-state index in [-0.39, 0.29) is 22.1 Å². The minimum absolute atomic E-state index is 0.0181. The molecular formula is C16H13ClF3N5O4. The second-order valence-corrected chi connectivity index (χ2v) is 6.30. The number of hydrogen-bond acceptors (Lipinski definition) is 5. The van der Waals surface area contributed by atoms with Crippen molar-refractivity contribution >= 4 is 34.4 Å². The van der Waals surface area contributed by atoms with E-state index in [9.17, 15) is 27.6 Å². The summed E-state index contributed by atoms with van der Waals surface area (Å²) in [4.78, 5) is 40.7. The van der Waals surface area contributed by atoms with Crippen LogP contribution in [0.15, 0.2) is 33.9 Å². The largest absolute Gasteiger partial charge is 0.573 e. The first kappa shape index (κ1) is 20.5. The predicted molar refractivity (Wildman–Crippen MR) is 97.0 cm³/mol. The van der Waals surface area contributed by atoms with E-state index in [0.717, 1.165) is 25.8 Å². The molecule has 0 unspecified atom stereocenters. The molecule has 1 aromatic carbocycles. The molecule has 3 aromatic rings. The van der Waals surface area contributed by atoms with Crippen LogP contribution in [0.25, 0.3) is 11.2 Å². The highest BCUT2D eigenvalue weighted by molar-refractivity contribution is 6.29. The first-order chi connectivity index (χ1) is 13.5. The standard InChI is InChI=1S/C16H13ClF3N5O4/c1-23-12-11(13(27)24(2)15(23)28)25(14(17)22-12)7-10(26)21-8-3-5-9(6-4-8)29-16(18,19)20/h3-6H,7H2,1-2H3,(H,21,26). The lowest BCUT2D eigenvalue weighted by Crippen LogP contribution is -2.37. The second kappa shape index (κ2) is 7.28.